The van der Waals surface area contributed by atoms with Crippen molar-refractivity contribution in [3.8, 4) is 0 Å². The van der Waals surface area contributed by atoms with Gasteiger partial charge in [0.1, 0.15) is 0 Å². The van der Waals surface area contributed by atoms with E-state index in [1.54, 1.807) is 0 Å². The van der Waals surface area contributed by atoms with Crippen LogP contribution < -0.4 is 5.32 Å². The minimum atomic E-state index is -0.0943. The largest absolute Gasteiger partial charge is 0.355 e. The summed E-state index contributed by atoms with van der Waals surface area (Å²) in [5, 5.41) is 2.82. The summed E-state index contributed by atoms with van der Waals surface area (Å²) in [5.74, 6) is 0.117. The van der Waals surface area contributed by atoms with E-state index in [4.69, 9.17) is 0 Å². The zero-order valence-electron chi connectivity index (χ0n) is 14.8. The number of rotatable bonds is 8. The summed E-state index contributed by atoms with van der Waals surface area (Å²) in [6.45, 7) is 8.96. The highest BCUT2D eigenvalue weighted by molar-refractivity contribution is 5.83. The molecule has 1 atom stereocenters. The zero-order valence-corrected chi connectivity index (χ0v) is 14.8. The Kier molecular flexibility index (Phi) is 7.25. The molecule has 1 N–H and O–H groups in total. The van der Waals surface area contributed by atoms with Crippen molar-refractivity contribution in [3.63, 3.8) is 0 Å². The van der Waals surface area contributed by atoms with Gasteiger partial charge >= 0.3 is 0 Å². The standard InChI is InChI=1S/C19H29N3O2/c1-3-21(4-2)12-13-22(15-16-8-6-5-7-9-16)19(24)17-10-11-18(23)20-14-17/h5-9,17H,3-4,10-15H2,1-2H3,(H,20,23). The van der Waals surface area contributed by atoms with Crippen LogP contribution in [0.3, 0.4) is 0 Å². The van der Waals surface area contributed by atoms with Crippen LogP contribution >= 0.6 is 0 Å². The third-order valence-electron chi connectivity index (χ3n) is 4.72. The first-order valence-electron chi connectivity index (χ1n) is 8.95. The molecule has 5 heteroatoms. The van der Waals surface area contributed by atoms with Crippen LogP contribution in [0.25, 0.3) is 0 Å². The number of hydrogen-bond acceptors (Lipinski definition) is 3. The first-order valence-corrected chi connectivity index (χ1v) is 8.95. The van der Waals surface area contributed by atoms with Crippen LogP contribution in [0.2, 0.25) is 0 Å². The number of piperidine rings is 1. The molecule has 1 fully saturated rings. The van der Waals surface area contributed by atoms with Crippen molar-refractivity contribution in [1.29, 1.82) is 0 Å². The molecule has 5 nitrogen and oxygen atoms in total. The lowest BCUT2D eigenvalue weighted by atomic mass is 9.97. The molecule has 1 aromatic carbocycles. The molecule has 1 aliphatic rings. The highest BCUT2D eigenvalue weighted by atomic mass is 16.2. The second-order valence-electron chi connectivity index (χ2n) is 6.31. The fourth-order valence-electron chi connectivity index (χ4n) is 3.07. The molecule has 0 spiro atoms. The number of nitrogens with zero attached hydrogens (tertiary/aromatic N) is 2. The quantitative estimate of drug-likeness (QED) is 0.791. The molecule has 132 valence electrons. The van der Waals surface area contributed by atoms with Crippen molar-refractivity contribution in [2.45, 2.75) is 33.2 Å². The lowest BCUT2D eigenvalue weighted by Crippen LogP contribution is -2.46. The maximum Gasteiger partial charge on any atom is 0.227 e. The lowest BCUT2D eigenvalue weighted by molar-refractivity contribution is -0.138. The Bertz CT molecular complexity index is 519. The highest BCUT2D eigenvalue weighted by Gasteiger charge is 2.28. The van der Waals surface area contributed by atoms with Crippen LogP contribution in [0.15, 0.2) is 30.3 Å². The van der Waals surface area contributed by atoms with Gasteiger partial charge in [0.15, 0.2) is 0 Å². The molecule has 2 amide bonds. The van der Waals surface area contributed by atoms with E-state index in [1.807, 2.05) is 23.1 Å². The molecule has 1 saturated heterocycles. The van der Waals surface area contributed by atoms with E-state index < -0.39 is 0 Å². The molecule has 1 aromatic rings. The number of likely N-dealkylation sites (N-methyl/N-ethyl adjacent to an activating group) is 1. The molecule has 0 radical (unpaired) electrons. The summed E-state index contributed by atoms with van der Waals surface area (Å²) in [4.78, 5) is 28.6. The molecule has 1 aliphatic heterocycles. The van der Waals surface area contributed by atoms with Crippen LogP contribution in [0.5, 0.6) is 0 Å². The van der Waals surface area contributed by atoms with Crippen molar-refractivity contribution >= 4 is 11.8 Å². The molecule has 0 aromatic heterocycles. The number of amides is 2. The van der Waals surface area contributed by atoms with E-state index in [0.29, 0.717) is 25.9 Å². The first kappa shape index (κ1) is 18.5. The Hall–Kier alpha value is -1.88. The fraction of sp³-hybridized carbons (Fsp3) is 0.579. The Morgan fingerprint density at radius 3 is 2.46 bits per heavy atom. The van der Waals surface area contributed by atoms with Crippen LogP contribution in [0.1, 0.15) is 32.3 Å². The molecular weight excluding hydrogens is 302 g/mol. The van der Waals surface area contributed by atoms with Crippen molar-refractivity contribution in [2.24, 2.45) is 5.92 Å². The fourth-order valence-corrected chi connectivity index (χ4v) is 3.07. The normalized spacial score (nSPS) is 17.6. The monoisotopic (exact) mass is 331 g/mol. The van der Waals surface area contributed by atoms with E-state index in [0.717, 1.165) is 31.7 Å². The van der Waals surface area contributed by atoms with Crippen molar-refractivity contribution in [2.75, 3.05) is 32.7 Å². The molecule has 0 bridgehead atoms. The molecule has 24 heavy (non-hydrogen) atoms. The third kappa shape index (κ3) is 5.34. The first-order chi connectivity index (χ1) is 11.6. The molecular formula is C19H29N3O2. The second kappa shape index (κ2) is 9.42. The minimum absolute atomic E-state index is 0.0526. The zero-order chi connectivity index (χ0) is 17.4. The number of hydrogen-bond donors (Lipinski definition) is 1. The summed E-state index contributed by atoms with van der Waals surface area (Å²) in [6.07, 6.45) is 1.10. The van der Waals surface area contributed by atoms with E-state index >= 15 is 0 Å². The number of benzene rings is 1. The topological polar surface area (TPSA) is 52.7 Å². The van der Waals surface area contributed by atoms with Gasteiger partial charge in [0.2, 0.25) is 11.8 Å². The van der Waals surface area contributed by atoms with Gasteiger partial charge in [0.25, 0.3) is 0 Å². The average Bonchev–Trinajstić information content (AvgIpc) is 2.62. The molecule has 1 unspecified atom stereocenters. The minimum Gasteiger partial charge on any atom is -0.355 e. The number of carbonyl (C=O) groups is 2. The Labute approximate surface area is 145 Å². The number of carbonyl (C=O) groups excluding carboxylic acids is 2. The summed E-state index contributed by atoms with van der Waals surface area (Å²) in [7, 11) is 0. The van der Waals surface area contributed by atoms with E-state index in [1.165, 1.54) is 0 Å². The van der Waals surface area contributed by atoms with Crippen LogP contribution in [-0.4, -0.2) is 54.3 Å². The van der Waals surface area contributed by atoms with E-state index in [-0.39, 0.29) is 17.7 Å². The molecule has 1 heterocycles. The Morgan fingerprint density at radius 1 is 1.17 bits per heavy atom. The predicted octanol–water partition coefficient (Wildman–Crippen LogP) is 1.88. The van der Waals surface area contributed by atoms with Crippen molar-refractivity contribution in [3.05, 3.63) is 35.9 Å². The Morgan fingerprint density at radius 2 is 1.88 bits per heavy atom. The van der Waals surface area contributed by atoms with Gasteiger partial charge in [-0.25, -0.2) is 0 Å². The summed E-state index contributed by atoms with van der Waals surface area (Å²) >= 11 is 0. The molecule has 0 saturated carbocycles. The van der Waals surface area contributed by atoms with Gasteiger partial charge in [-0.05, 0) is 25.1 Å². The summed E-state index contributed by atoms with van der Waals surface area (Å²) < 4.78 is 0. The lowest BCUT2D eigenvalue weighted by Gasteiger charge is -2.31. The maximum absolute atomic E-state index is 13.0. The summed E-state index contributed by atoms with van der Waals surface area (Å²) in [5.41, 5.74) is 1.14. The van der Waals surface area contributed by atoms with Crippen LogP contribution in [-0.2, 0) is 16.1 Å². The third-order valence-corrected chi connectivity index (χ3v) is 4.72. The summed E-state index contributed by atoms with van der Waals surface area (Å²) in [6, 6.07) is 10.1. The van der Waals surface area contributed by atoms with Gasteiger partial charge in [-0.3, -0.25) is 9.59 Å². The van der Waals surface area contributed by atoms with E-state index in [2.05, 4.69) is 36.2 Å². The van der Waals surface area contributed by atoms with Gasteiger partial charge in [-0.15, -0.1) is 0 Å². The van der Waals surface area contributed by atoms with Gasteiger partial charge in [-0.2, -0.15) is 0 Å². The Balaban J connectivity index is 2.03. The van der Waals surface area contributed by atoms with Crippen LogP contribution in [0, 0.1) is 5.92 Å². The van der Waals surface area contributed by atoms with Gasteiger partial charge in [0, 0.05) is 32.6 Å². The smallest absolute Gasteiger partial charge is 0.227 e. The van der Waals surface area contributed by atoms with E-state index in [9.17, 15) is 9.59 Å². The SMILES string of the molecule is CCN(CC)CCN(Cc1ccccc1)C(=O)C1CCC(=O)NC1. The second-order valence-corrected chi connectivity index (χ2v) is 6.31. The predicted molar refractivity (Wildman–Crippen MR) is 95.4 cm³/mol. The maximum atomic E-state index is 13.0. The number of nitrogens with one attached hydrogen (secondary N) is 1. The van der Waals surface area contributed by atoms with Gasteiger partial charge in [0.05, 0.1) is 5.92 Å². The molecule has 2 rings (SSSR count). The van der Waals surface area contributed by atoms with Crippen molar-refractivity contribution in [1.82, 2.24) is 15.1 Å². The highest BCUT2D eigenvalue weighted by Crippen LogP contribution is 2.16. The van der Waals surface area contributed by atoms with Crippen LogP contribution in [0.4, 0.5) is 0 Å². The van der Waals surface area contributed by atoms with Gasteiger partial charge < -0.3 is 15.1 Å². The average molecular weight is 331 g/mol. The van der Waals surface area contributed by atoms with Crippen molar-refractivity contribution < 1.29 is 9.59 Å². The molecule has 0 aliphatic carbocycles. The van der Waals surface area contributed by atoms with Gasteiger partial charge in [-0.1, -0.05) is 44.2 Å².